The molecule has 2 aromatic rings. The second kappa shape index (κ2) is 8.21. The highest BCUT2D eigenvalue weighted by atomic mass is 32.2. The number of anilines is 1. The fraction of sp³-hybridized carbons (Fsp3) is 0.350. The summed E-state index contributed by atoms with van der Waals surface area (Å²) in [4.78, 5) is 11.3. The molecule has 1 fully saturated rings. The largest absolute Gasteiger partial charge is 0.381 e. The average Bonchev–Trinajstić information content (AvgIpc) is 2.68. The monoisotopic (exact) mass is 388 g/mol. The molecular formula is C20H24N2O4S. The number of hydrogen-bond donors (Lipinski definition) is 2. The Labute approximate surface area is 160 Å². The number of sulfonamides is 1. The lowest BCUT2D eigenvalue weighted by atomic mass is 9.74. The lowest BCUT2D eigenvalue weighted by Gasteiger charge is -2.37. The van der Waals surface area contributed by atoms with E-state index >= 15 is 0 Å². The first-order chi connectivity index (χ1) is 12.9. The summed E-state index contributed by atoms with van der Waals surface area (Å²) in [5.74, 6) is -0.247. The van der Waals surface area contributed by atoms with Crippen LogP contribution in [0.3, 0.4) is 0 Å². The maximum atomic E-state index is 12.8. The van der Waals surface area contributed by atoms with Crippen LogP contribution in [0.1, 0.15) is 25.3 Å². The van der Waals surface area contributed by atoms with Crippen LogP contribution in [-0.2, 0) is 25.0 Å². The SMILES string of the molecule is CC(=O)Nc1cccc(S(=O)(=O)NCC2(c3ccccc3)CCOCC2)c1. The van der Waals surface area contributed by atoms with Crippen molar-refractivity contribution in [2.75, 3.05) is 25.1 Å². The summed E-state index contributed by atoms with van der Waals surface area (Å²) in [6.07, 6.45) is 1.51. The van der Waals surface area contributed by atoms with Gasteiger partial charge in [-0.15, -0.1) is 0 Å². The van der Waals surface area contributed by atoms with E-state index in [4.69, 9.17) is 4.74 Å². The van der Waals surface area contributed by atoms with Crippen molar-refractivity contribution in [3.63, 3.8) is 0 Å². The first-order valence-electron chi connectivity index (χ1n) is 8.92. The Morgan fingerprint density at radius 3 is 2.44 bits per heavy atom. The van der Waals surface area contributed by atoms with Gasteiger partial charge in [0.25, 0.3) is 0 Å². The Balaban J connectivity index is 1.81. The van der Waals surface area contributed by atoms with Gasteiger partial charge in [-0.3, -0.25) is 4.79 Å². The molecule has 0 spiro atoms. The van der Waals surface area contributed by atoms with Crippen molar-refractivity contribution in [3.8, 4) is 0 Å². The molecule has 1 aliphatic rings. The molecule has 1 heterocycles. The van der Waals surface area contributed by atoms with Gasteiger partial charge in [0.05, 0.1) is 4.90 Å². The van der Waals surface area contributed by atoms with Crippen LogP contribution >= 0.6 is 0 Å². The number of rotatable bonds is 6. The minimum absolute atomic E-state index is 0.129. The second-order valence-corrected chi connectivity index (χ2v) is 8.56. The fourth-order valence-electron chi connectivity index (χ4n) is 3.38. The van der Waals surface area contributed by atoms with E-state index in [0.717, 1.165) is 18.4 Å². The number of carbonyl (C=O) groups is 1. The van der Waals surface area contributed by atoms with Crippen LogP contribution in [0, 0.1) is 0 Å². The van der Waals surface area contributed by atoms with Crippen molar-refractivity contribution in [3.05, 3.63) is 60.2 Å². The van der Waals surface area contributed by atoms with E-state index in [0.29, 0.717) is 25.4 Å². The lowest BCUT2D eigenvalue weighted by Crippen LogP contribution is -2.44. The number of carbonyl (C=O) groups excluding carboxylic acids is 1. The van der Waals surface area contributed by atoms with Gasteiger partial charge in [0, 0.05) is 37.8 Å². The average molecular weight is 388 g/mol. The number of ether oxygens (including phenoxy) is 1. The van der Waals surface area contributed by atoms with Crippen molar-refractivity contribution < 1.29 is 17.9 Å². The third-order valence-corrected chi connectivity index (χ3v) is 6.30. The summed E-state index contributed by atoms with van der Waals surface area (Å²) in [5, 5.41) is 2.61. The van der Waals surface area contributed by atoms with Crippen LogP contribution in [-0.4, -0.2) is 34.1 Å². The molecule has 0 aliphatic carbocycles. The number of benzene rings is 2. The predicted molar refractivity (Wildman–Crippen MR) is 104 cm³/mol. The highest BCUT2D eigenvalue weighted by Gasteiger charge is 2.35. The molecule has 144 valence electrons. The van der Waals surface area contributed by atoms with Crippen LogP contribution in [0.5, 0.6) is 0 Å². The predicted octanol–water partition coefficient (Wildman–Crippen LogP) is 2.67. The normalized spacial score (nSPS) is 16.6. The Hall–Kier alpha value is -2.22. The van der Waals surface area contributed by atoms with Crippen LogP contribution in [0.4, 0.5) is 5.69 Å². The zero-order chi connectivity index (χ0) is 19.3. The summed E-state index contributed by atoms with van der Waals surface area (Å²) in [7, 11) is -3.71. The van der Waals surface area contributed by atoms with Gasteiger partial charge in [0.2, 0.25) is 15.9 Å². The third kappa shape index (κ3) is 4.74. The van der Waals surface area contributed by atoms with E-state index in [1.165, 1.54) is 19.1 Å². The van der Waals surface area contributed by atoms with E-state index in [2.05, 4.69) is 10.0 Å². The molecule has 7 heteroatoms. The van der Waals surface area contributed by atoms with Gasteiger partial charge in [-0.05, 0) is 36.6 Å². The summed E-state index contributed by atoms with van der Waals surface area (Å²) < 4.78 is 33.9. The number of hydrogen-bond acceptors (Lipinski definition) is 4. The van der Waals surface area contributed by atoms with Crippen molar-refractivity contribution in [2.45, 2.75) is 30.1 Å². The molecule has 2 N–H and O–H groups in total. The van der Waals surface area contributed by atoms with E-state index in [1.807, 2.05) is 30.3 Å². The first kappa shape index (κ1) is 19.5. The van der Waals surface area contributed by atoms with Gasteiger partial charge in [0.1, 0.15) is 0 Å². The molecule has 0 atom stereocenters. The molecule has 2 aromatic carbocycles. The minimum atomic E-state index is -3.71. The van der Waals surface area contributed by atoms with E-state index in [9.17, 15) is 13.2 Å². The Morgan fingerprint density at radius 2 is 1.78 bits per heavy atom. The summed E-state index contributed by atoms with van der Waals surface area (Å²) in [6.45, 7) is 2.89. The summed E-state index contributed by atoms with van der Waals surface area (Å²) in [5.41, 5.74) is 1.28. The van der Waals surface area contributed by atoms with Gasteiger partial charge in [-0.25, -0.2) is 13.1 Å². The zero-order valence-electron chi connectivity index (χ0n) is 15.3. The topological polar surface area (TPSA) is 84.5 Å². The maximum Gasteiger partial charge on any atom is 0.240 e. The van der Waals surface area contributed by atoms with Crippen LogP contribution in [0.15, 0.2) is 59.5 Å². The smallest absolute Gasteiger partial charge is 0.240 e. The molecule has 0 saturated carbocycles. The molecule has 0 bridgehead atoms. The molecule has 0 radical (unpaired) electrons. The Morgan fingerprint density at radius 1 is 1.07 bits per heavy atom. The molecule has 0 unspecified atom stereocenters. The highest BCUT2D eigenvalue weighted by molar-refractivity contribution is 7.89. The Kier molecular flexibility index (Phi) is 5.94. The van der Waals surface area contributed by atoms with E-state index < -0.39 is 10.0 Å². The summed E-state index contributed by atoms with van der Waals surface area (Å²) >= 11 is 0. The lowest BCUT2D eigenvalue weighted by molar-refractivity contribution is -0.114. The number of nitrogens with one attached hydrogen (secondary N) is 2. The van der Waals surface area contributed by atoms with Gasteiger partial charge >= 0.3 is 0 Å². The van der Waals surface area contributed by atoms with Gasteiger partial charge in [-0.1, -0.05) is 36.4 Å². The quantitative estimate of drug-likeness (QED) is 0.797. The molecule has 1 saturated heterocycles. The van der Waals surface area contributed by atoms with Crippen molar-refractivity contribution in [2.24, 2.45) is 0 Å². The molecule has 0 aromatic heterocycles. The summed E-state index contributed by atoms with van der Waals surface area (Å²) in [6, 6.07) is 16.2. The molecule has 1 amide bonds. The highest BCUT2D eigenvalue weighted by Crippen LogP contribution is 2.34. The molecule has 1 aliphatic heterocycles. The standard InChI is InChI=1S/C20H24N2O4S/c1-16(23)22-18-8-5-9-19(14-18)27(24,25)21-15-20(10-12-26-13-11-20)17-6-3-2-4-7-17/h2-9,14,21H,10-13,15H2,1H3,(H,22,23). The zero-order valence-corrected chi connectivity index (χ0v) is 16.1. The van der Waals surface area contributed by atoms with Crippen LogP contribution in [0.25, 0.3) is 0 Å². The Bertz CT molecular complexity index is 891. The molecule has 27 heavy (non-hydrogen) atoms. The van der Waals surface area contributed by atoms with E-state index in [1.54, 1.807) is 12.1 Å². The second-order valence-electron chi connectivity index (χ2n) is 6.79. The van der Waals surface area contributed by atoms with Crippen molar-refractivity contribution >= 4 is 21.6 Å². The first-order valence-corrected chi connectivity index (χ1v) is 10.4. The molecule has 3 rings (SSSR count). The minimum Gasteiger partial charge on any atom is -0.381 e. The van der Waals surface area contributed by atoms with Crippen molar-refractivity contribution in [1.29, 1.82) is 0 Å². The molecular weight excluding hydrogens is 364 g/mol. The third-order valence-electron chi connectivity index (χ3n) is 4.90. The number of amides is 1. The fourth-order valence-corrected chi connectivity index (χ4v) is 4.55. The van der Waals surface area contributed by atoms with Crippen LogP contribution in [0.2, 0.25) is 0 Å². The molecule has 6 nitrogen and oxygen atoms in total. The van der Waals surface area contributed by atoms with Gasteiger partial charge < -0.3 is 10.1 Å². The van der Waals surface area contributed by atoms with Gasteiger partial charge in [0.15, 0.2) is 0 Å². The van der Waals surface area contributed by atoms with E-state index in [-0.39, 0.29) is 16.2 Å². The maximum absolute atomic E-state index is 12.8. The van der Waals surface area contributed by atoms with Gasteiger partial charge in [-0.2, -0.15) is 0 Å². The van der Waals surface area contributed by atoms with Crippen molar-refractivity contribution in [1.82, 2.24) is 4.72 Å². The van der Waals surface area contributed by atoms with Crippen LogP contribution < -0.4 is 10.0 Å².